The molecule has 1 saturated heterocycles. The van der Waals surface area contributed by atoms with Gasteiger partial charge in [-0.15, -0.1) is 0 Å². The quantitative estimate of drug-likeness (QED) is 0.778. The first-order valence-electron chi connectivity index (χ1n) is 7.68. The van der Waals surface area contributed by atoms with Gasteiger partial charge in [0.2, 0.25) is 0 Å². The highest BCUT2D eigenvalue weighted by molar-refractivity contribution is 5.94. The summed E-state index contributed by atoms with van der Waals surface area (Å²) in [6, 6.07) is 9.23. The fraction of sp³-hybridized carbons (Fsp3) is 0.294. The van der Waals surface area contributed by atoms with Crippen molar-refractivity contribution in [2.75, 3.05) is 31.1 Å². The molecule has 1 amide bonds. The number of piperazine rings is 1. The Labute approximate surface area is 141 Å². The lowest BCUT2D eigenvalue weighted by Crippen LogP contribution is -2.49. The summed E-state index contributed by atoms with van der Waals surface area (Å²) in [4.78, 5) is 19.2. The third-order valence-corrected chi connectivity index (χ3v) is 4.04. The van der Waals surface area contributed by atoms with E-state index in [0.29, 0.717) is 44.0 Å². The van der Waals surface area contributed by atoms with Crippen LogP contribution in [-0.4, -0.2) is 42.0 Å². The molecule has 0 saturated carbocycles. The van der Waals surface area contributed by atoms with Crippen LogP contribution in [0.25, 0.3) is 0 Å². The van der Waals surface area contributed by atoms with Gasteiger partial charge < -0.3 is 9.80 Å². The Morgan fingerprint density at radius 2 is 1.68 bits per heavy atom. The highest BCUT2D eigenvalue weighted by Crippen LogP contribution is 2.31. The number of hydrogen-bond donors (Lipinski definition) is 0. The molecule has 25 heavy (non-hydrogen) atoms. The first kappa shape index (κ1) is 17.2. The van der Waals surface area contributed by atoms with E-state index in [1.807, 2.05) is 6.07 Å². The maximum atomic E-state index is 14.0. The number of rotatable bonds is 2. The maximum absolute atomic E-state index is 14.0. The van der Waals surface area contributed by atoms with Crippen LogP contribution in [0.1, 0.15) is 15.9 Å². The van der Waals surface area contributed by atoms with E-state index in [-0.39, 0.29) is 11.7 Å². The predicted octanol–water partition coefficient (Wildman–Crippen LogP) is 3.20. The van der Waals surface area contributed by atoms with Gasteiger partial charge >= 0.3 is 6.18 Å². The normalized spacial score (nSPS) is 15.4. The number of carbonyl (C=O) groups is 1. The second kappa shape index (κ2) is 6.70. The number of nitrogens with zero attached hydrogens (tertiary/aromatic N) is 3. The average molecular weight is 353 g/mol. The second-order valence-electron chi connectivity index (χ2n) is 5.67. The Morgan fingerprint density at radius 1 is 1.04 bits per heavy atom. The smallest absolute Gasteiger partial charge is 0.351 e. The van der Waals surface area contributed by atoms with Gasteiger partial charge in [-0.25, -0.2) is 9.37 Å². The summed E-state index contributed by atoms with van der Waals surface area (Å²) < 4.78 is 51.7. The number of aromatic nitrogens is 1. The third kappa shape index (κ3) is 3.72. The van der Waals surface area contributed by atoms with Gasteiger partial charge in [0, 0.05) is 37.9 Å². The molecule has 0 aliphatic carbocycles. The minimum atomic E-state index is -4.63. The van der Waals surface area contributed by atoms with E-state index in [9.17, 15) is 22.4 Å². The second-order valence-corrected chi connectivity index (χ2v) is 5.67. The maximum Gasteiger partial charge on any atom is 0.417 e. The van der Waals surface area contributed by atoms with Crippen LogP contribution in [0.15, 0.2) is 42.6 Å². The zero-order valence-corrected chi connectivity index (χ0v) is 13.1. The molecular formula is C17H15F4N3O. The van der Waals surface area contributed by atoms with Gasteiger partial charge in [0.1, 0.15) is 0 Å². The molecule has 0 radical (unpaired) electrons. The van der Waals surface area contributed by atoms with E-state index >= 15 is 0 Å². The summed E-state index contributed by atoms with van der Waals surface area (Å²) in [6.07, 6.45) is -4.01. The van der Waals surface area contributed by atoms with Crippen molar-refractivity contribution in [2.24, 2.45) is 0 Å². The Kier molecular flexibility index (Phi) is 4.61. The first-order chi connectivity index (χ1) is 11.9. The summed E-state index contributed by atoms with van der Waals surface area (Å²) in [5.74, 6) is -1.27. The molecule has 1 aromatic heterocycles. The van der Waals surface area contributed by atoms with E-state index < -0.39 is 17.6 Å². The summed E-state index contributed by atoms with van der Waals surface area (Å²) in [5, 5.41) is 0. The zero-order valence-electron chi connectivity index (χ0n) is 13.1. The highest BCUT2D eigenvalue weighted by atomic mass is 19.4. The molecular weight excluding hydrogens is 338 g/mol. The van der Waals surface area contributed by atoms with Crippen LogP contribution in [0.5, 0.6) is 0 Å². The summed E-state index contributed by atoms with van der Waals surface area (Å²) in [5.41, 5.74) is -0.554. The average Bonchev–Trinajstić information content (AvgIpc) is 2.61. The monoisotopic (exact) mass is 353 g/mol. The number of carbonyl (C=O) groups excluding carboxylic acids is 1. The zero-order chi connectivity index (χ0) is 18.0. The van der Waals surface area contributed by atoms with Crippen molar-refractivity contribution < 1.29 is 22.4 Å². The molecule has 0 unspecified atom stereocenters. The number of benzene rings is 1. The molecule has 1 aliphatic heterocycles. The standard InChI is InChI=1S/C17H15F4N3O/c18-14-10-13(17(19,20)21)11-22-15(14)23-6-8-24(9-7-23)16(25)12-4-2-1-3-5-12/h1-5,10-11H,6-9H2. The minimum Gasteiger partial charge on any atom is -0.351 e. The van der Waals surface area contributed by atoms with Crippen molar-refractivity contribution in [2.45, 2.75) is 6.18 Å². The van der Waals surface area contributed by atoms with Gasteiger partial charge in [-0.05, 0) is 18.2 Å². The Balaban J connectivity index is 1.67. The van der Waals surface area contributed by atoms with E-state index in [4.69, 9.17) is 0 Å². The fourth-order valence-electron chi connectivity index (χ4n) is 2.70. The molecule has 0 bridgehead atoms. The van der Waals surface area contributed by atoms with E-state index in [0.717, 1.165) is 0 Å². The van der Waals surface area contributed by atoms with Crippen LogP contribution >= 0.6 is 0 Å². The number of anilines is 1. The minimum absolute atomic E-state index is 0.124. The predicted molar refractivity (Wildman–Crippen MR) is 83.8 cm³/mol. The van der Waals surface area contributed by atoms with Crippen LogP contribution < -0.4 is 4.90 Å². The van der Waals surface area contributed by atoms with Gasteiger partial charge in [-0.3, -0.25) is 4.79 Å². The van der Waals surface area contributed by atoms with Crippen molar-refractivity contribution >= 4 is 11.7 Å². The van der Waals surface area contributed by atoms with E-state index in [2.05, 4.69) is 4.98 Å². The van der Waals surface area contributed by atoms with Gasteiger partial charge in [0.05, 0.1) is 5.56 Å². The van der Waals surface area contributed by atoms with Gasteiger partial charge in [-0.1, -0.05) is 18.2 Å². The number of amides is 1. The lowest BCUT2D eigenvalue weighted by Gasteiger charge is -2.35. The largest absolute Gasteiger partial charge is 0.417 e. The number of alkyl halides is 3. The Morgan fingerprint density at radius 3 is 2.24 bits per heavy atom. The Bertz CT molecular complexity index is 756. The van der Waals surface area contributed by atoms with Crippen LogP contribution in [0.3, 0.4) is 0 Å². The molecule has 2 heterocycles. The summed E-state index contributed by atoms with van der Waals surface area (Å²) >= 11 is 0. The van der Waals surface area contributed by atoms with E-state index in [1.165, 1.54) is 0 Å². The number of halogens is 4. The molecule has 4 nitrogen and oxygen atoms in total. The number of hydrogen-bond acceptors (Lipinski definition) is 3. The van der Waals surface area contributed by atoms with Crippen molar-refractivity contribution in [3.63, 3.8) is 0 Å². The molecule has 3 rings (SSSR count). The van der Waals surface area contributed by atoms with E-state index in [1.54, 1.807) is 34.1 Å². The molecule has 2 aromatic rings. The van der Waals surface area contributed by atoms with Crippen molar-refractivity contribution in [3.05, 3.63) is 59.5 Å². The molecule has 0 atom stereocenters. The summed E-state index contributed by atoms with van der Waals surface area (Å²) in [7, 11) is 0. The van der Waals surface area contributed by atoms with Crippen molar-refractivity contribution in [3.8, 4) is 0 Å². The fourth-order valence-corrected chi connectivity index (χ4v) is 2.70. The van der Waals surface area contributed by atoms with Gasteiger partial charge in [-0.2, -0.15) is 13.2 Å². The molecule has 1 aromatic carbocycles. The molecule has 1 aliphatic rings. The lowest BCUT2D eigenvalue weighted by atomic mass is 10.2. The van der Waals surface area contributed by atoms with Crippen molar-refractivity contribution in [1.82, 2.24) is 9.88 Å². The van der Waals surface area contributed by atoms with Gasteiger partial charge in [0.25, 0.3) is 5.91 Å². The highest BCUT2D eigenvalue weighted by Gasteiger charge is 2.33. The van der Waals surface area contributed by atoms with Crippen LogP contribution in [0.2, 0.25) is 0 Å². The third-order valence-electron chi connectivity index (χ3n) is 4.04. The van der Waals surface area contributed by atoms with Crippen LogP contribution in [-0.2, 0) is 6.18 Å². The molecule has 0 spiro atoms. The Hall–Kier alpha value is -2.64. The molecule has 0 N–H and O–H groups in total. The molecule has 132 valence electrons. The first-order valence-corrected chi connectivity index (χ1v) is 7.68. The molecule has 8 heteroatoms. The summed E-state index contributed by atoms with van der Waals surface area (Å²) in [6.45, 7) is 1.29. The lowest BCUT2D eigenvalue weighted by molar-refractivity contribution is -0.138. The van der Waals surface area contributed by atoms with Gasteiger partial charge in [0.15, 0.2) is 11.6 Å². The SMILES string of the molecule is O=C(c1ccccc1)N1CCN(c2ncc(C(F)(F)F)cc2F)CC1. The van der Waals surface area contributed by atoms with Crippen LogP contribution in [0, 0.1) is 5.82 Å². The van der Waals surface area contributed by atoms with Crippen molar-refractivity contribution in [1.29, 1.82) is 0 Å². The van der Waals surface area contributed by atoms with Crippen LogP contribution in [0.4, 0.5) is 23.4 Å². The number of pyridine rings is 1. The molecule has 1 fully saturated rings. The topological polar surface area (TPSA) is 36.4 Å².